The van der Waals surface area contributed by atoms with Crippen LogP contribution in [0.4, 0.5) is 0 Å². The van der Waals surface area contributed by atoms with Crippen LogP contribution >= 0.6 is 0 Å². The predicted octanol–water partition coefficient (Wildman–Crippen LogP) is 2.43. The second kappa shape index (κ2) is 3.86. The van der Waals surface area contributed by atoms with Crippen LogP contribution in [0.1, 0.15) is 30.5 Å². The van der Waals surface area contributed by atoms with Gasteiger partial charge in [0.05, 0.1) is 0 Å². The van der Waals surface area contributed by atoms with E-state index >= 15 is 0 Å². The van der Waals surface area contributed by atoms with E-state index in [-0.39, 0.29) is 0 Å². The second-order valence-corrected chi connectivity index (χ2v) is 4.13. The summed E-state index contributed by atoms with van der Waals surface area (Å²) >= 11 is 0. The third kappa shape index (κ3) is 3.24. The van der Waals surface area contributed by atoms with Crippen molar-refractivity contribution < 1.29 is 5.11 Å². The summed E-state index contributed by atoms with van der Waals surface area (Å²) in [5, 5.41) is 9.45. The van der Waals surface area contributed by atoms with Gasteiger partial charge in [0.15, 0.2) is 0 Å². The van der Waals surface area contributed by atoms with Crippen molar-refractivity contribution in [2.45, 2.75) is 33.3 Å². The average molecular weight is 188 g/mol. The molecular formula is C13H16O. The van der Waals surface area contributed by atoms with Gasteiger partial charge in [0.25, 0.3) is 0 Å². The first-order chi connectivity index (χ1) is 6.38. The van der Waals surface area contributed by atoms with Gasteiger partial charge in [-0.2, -0.15) is 0 Å². The fraction of sp³-hybridized carbons (Fsp3) is 0.385. The van der Waals surface area contributed by atoms with Crippen molar-refractivity contribution in [2.75, 3.05) is 0 Å². The summed E-state index contributed by atoms with van der Waals surface area (Å²) in [6.07, 6.45) is 0. The molecule has 0 amide bonds. The van der Waals surface area contributed by atoms with Crippen LogP contribution in [0.5, 0.6) is 0 Å². The molecule has 0 spiro atoms. The van der Waals surface area contributed by atoms with E-state index in [0.29, 0.717) is 0 Å². The van der Waals surface area contributed by atoms with Crippen LogP contribution in [0.25, 0.3) is 0 Å². The molecule has 0 aliphatic rings. The monoisotopic (exact) mass is 188 g/mol. The lowest BCUT2D eigenvalue weighted by Gasteiger charge is -2.06. The molecule has 1 rings (SSSR count). The summed E-state index contributed by atoms with van der Waals surface area (Å²) < 4.78 is 0. The lowest BCUT2D eigenvalue weighted by molar-refractivity contribution is 0.143. The summed E-state index contributed by atoms with van der Waals surface area (Å²) in [6, 6.07) is 6.11. The quantitative estimate of drug-likeness (QED) is 0.620. The van der Waals surface area contributed by atoms with Gasteiger partial charge in [0.2, 0.25) is 0 Å². The molecule has 0 aliphatic heterocycles. The summed E-state index contributed by atoms with van der Waals surface area (Å²) in [5.41, 5.74) is 2.45. The Morgan fingerprint density at radius 1 is 1.21 bits per heavy atom. The van der Waals surface area contributed by atoms with Crippen LogP contribution in [-0.2, 0) is 0 Å². The third-order valence-electron chi connectivity index (χ3n) is 1.88. The Hall–Kier alpha value is -1.26. The van der Waals surface area contributed by atoms with Crippen molar-refractivity contribution in [3.05, 3.63) is 34.9 Å². The number of aryl methyl sites for hydroxylation is 2. The molecule has 0 aliphatic carbocycles. The van der Waals surface area contributed by atoms with Gasteiger partial charge in [0.1, 0.15) is 5.60 Å². The maximum atomic E-state index is 9.45. The summed E-state index contributed by atoms with van der Waals surface area (Å²) in [4.78, 5) is 0. The molecule has 0 radical (unpaired) electrons. The van der Waals surface area contributed by atoms with Gasteiger partial charge >= 0.3 is 0 Å². The van der Waals surface area contributed by atoms with Crippen molar-refractivity contribution in [3.8, 4) is 11.8 Å². The van der Waals surface area contributed by atoms with E-state index < -0.39 is 5.60 Å². The fourth-order valence-electron chi connectivity index (χ4n) is 1.17. The van der Waals surface area contributed by atoms with Crippen molar-refractivity contribution in [2.24, 2.45) is 0 Å². The van der Waals surface area contributed by atoms with Crippen LogP contribution in [0, 0.1) is 25.7 Å². The van der Waals surface area contributed by atoms with E-state index in [1.54, 1.807) is 13.8 Å². The molecule has 0 fully saturated rings. The highest BCUT2D eigenvalue weighted by molar-refractivity contribution is 5.43. The normalized spacial score (nSPS) is 10.6. The molecular weight excluding hydrogens is 172 g/mol. The number of benzene rings is 1. The molecule has 74 valence electrons. The van der Waals surface area contributed by atoms with E-state index in [9.17, 15) is 5.11 Å². The highest BCUT2D eigenvalue weighted by Crippen LogP contribution is 2.09. The van der Waals surface area contributed by atoms with Crippen molar-refractivity contribution >= 4 is 0 Å². The van der Waals surface area contributed by atoms with E-state index in [1.165, 1.54) is 5.56 Å². The average Bonchev–Trinajstić information content (AvgIpc) is 2.00. The first kappa shape index (κ1) is 10.8. The number of aliphatic hydroxyl groups is 1. The molecule has 14 heavy (non-hydrogen) atoms. The van der Waals surface area contributed by atoms with Gasteiger partial charge < -0.3 is 5.11 Å². The molecule has 0 saturated carbocycles. The molecule has 1 nitrogen and oxygen atoms in total. The minimum absolute atomic E-state index is 0.919. The molecule has 1 aromatic carbocycles. The second-order valence-electron chi connectivity index (χ2n) is 4.13. The highest BCUT2D eigenvalue weighted by Gasteiger charge is 2.05. The van der Waals surface area contributed by atoms with Gasteiger partial charge in [-0.25, -0.2) is 0 Å². The minimum atomic E-state index is -0.919. The van der Waals surface area contributed by atoms with E-state index in [2.05, 4.69) is 24.8 Å². The SMILES string of the molecule is Cc1ccc(C#CC(C)(C)O)c(C)c1. The number of hydrogen-bond acceptors (Lipinski definition) is 1. The number of rotatable bonds is 0. The summed E-state index contributed by atoms with van der Waals surface area (Å²) in [6.45, 7) is 7.45. The molecule has 0 aromatic heterocycles. The Bertz CT molecular complexity index is 386. The van der Waals surface area contributed by atoms with Gasteiger partial charge in [-0.05, 0) is 39.3 Å². The molecule has 1 aromatic rings. The van der Waals surface area contributed by atoms with Crippen LogP contribution in [-0.4, -0.2) is 10.7 Å². The molecule has 1 N–H and O–H groups in total. The Kier molecular flexibility index (Phi) is 2.98. The first-order valence-electron chi connectivity index (χ1n) is 4.71. The zero-order valence-corrected chi connectivity index (χ0v) is 9.18. The standard InChI is InChI=1S/C13H16O/c1-10-5-6-12(11(2)9-10)7-8-13(3,4)14/h5-6,9,14H,1-4H3. The number of hydrogen-bond donors (Lipinski definition) is 1. The Morgan fingerprint density at radius 3 is 2.36 bits per heavy atom. The zero-order valence-electron chi connectivity index (χ0n) is 9.18. The molecule has 0 heterocycles. The summed E-state index contributed by atoms with van der Waals surface area (Å²) in [5.74, 6) is 5.78. The maximum absolute atomic E-state index is 9.45. The zero-order chi connectivity index (χ0) is 10.8. The van der Waals surface area contributed by atoms with Crippen LogP contribution in [0.15, 0.2) is 18.2 Å². The Morgan fingerprint density at radius 2 is 1.86 bits per heavy atom. The van der Waals surface area contributed by atoms with Crippen LogP contribution in [0.2, 0.25) is 0 Å². The van der Waals surface area contributed by atoms with Crippen LogP contribution < -0.4 is 0 Å². The topological polar surface area (TPSA) is 20.2 Å². The summed E-state index contributed by atoms with van der Waals surface area (Å²) in [7, 11) is 0. The fourth-order valence-corrected chi connectivity index (χ4v) is 1.17. The third-order valence-corrected chi connectivity index (χ3v) is 1.88. The van der Waals surface area contributed by atoms with E-state index in [4.69, 9.17) is 0 Å². The molecule has 0 saturated heterocycles. The molecule has 0 atom stereocenters. The highest BCUT2D eigenvalue weighted by atomic mass is 16.3. The Labute approximate surface area is 85.8 Å². The lowest BCUT2D eigenvalue weighted by atomic mass is 10.0. The van der Waals surface area contributed by atoms with Crippen LogP contribution in [0.3, 0.4) is 0 Å². The molecule has 0 bridgehead atoms. The molecule has 1 heteroatoms. The minimum Gasteiger partial charge on any atom is -0.378 e. The maximum Gasteiger partial charge on any atom is 0.120 e. The van der Waals surface area contributed by atoms with Gasteiger partial charge in [-0.15, -0.1) is 0 Å². The van der Waals surface area contributed by atoms with Crippen molar-refractivity contribution in [1.82, 2.24) is 0 Å². The molecule has 0 unspecified atom stereocenters. The predicted molar refractivity (Wildman–Crippen MR) is 59.1 cm³/mol. The lowest BCUT2D eigenvalue weighted by Crippen LogP contribution is -2.14. The Balaban J connectivity index is 3.02. The smallest absolute Gasteiger partial charge is 0.120 e. The van der Waals surface area contributed by atoms with Gasteiger partial charge in [0, 0.05) is 5.56 Å². The van der Waals surface area contributed by atoms with Gasteiger partial charge in [-0.1, -0.05) is 29.5 Å². The van der Waals surface area contributed by atoms with E-state index in [0.717, 1.165) is 11.1 Å². The largest absolute Gasteiger partial charge is 0.378 e. The van der Waals surface area contributed by atoms with Gasteiger partial charge in [-0.3, -0.25) is 0 Å². The van der Waals surface area contributed by atoms with Crippen molar-refractivity contribution in [1.29, 1.82) is 0 Å². The van der Waals surface area contributed by atoms with Crippen molar-refractivity contribution in [3.63, 3.8) is 0 Å². The van der Waals surface area contributed by atoms with E-state index in [1.807, 2.05) is 19.1 Å². The first-order valence-corrected chi connectivity index (χ1v) is 4.71.